The lowest BCUT2D eigenvalue weighted by Gasteiger charge is -2.17. The van der Waals surface area contributed by atoms with Crippen molar-refractivity contribution >= 4 is 56.3 Å². The molecule has 5 aromatic rings. The van der Waals surface area contributed by atoms with Crippen LogP contribution in [0.25, 0.3) is 21.6 Å². The predicted octanol–water partition coefficient (Wildman–Crippen LogP) is 4.37. The average Bonchev–Trinajstić information content (AvgIpc) is 3.26. The standard InChI is InChI=1S/C27H23Cl2N5O4S/c1-4-31(5-2)25(37)23-15(3)22-24(36)34(17-9-10-18(28)19(29)13-17)27(38)33(26(22)39-23)14-16-12-21(35)32-11-7-6-8-20(32)30-16/h6-13H,4-5,14H2,1-3H3. The summed E-state index contributed by atoms with van der Waals surface area (Å²) >= 11 is 13.4. The van der Waals surface area contributed by atoms with Crippen molar-refractivity contribution in [1.29, 1.82) is 0 Å². The topological polar surface area (TPSA) is 98.7 Å². The minimum absolute atomic E-state index is 0.101. The van der Waals surface area contributed by atoms with Gasteiger partial charge in [0, 0.05) is 25.4 Å². The molecule has 0 saturated carbocycles. The molecule has 0 saturated heterocycles. The molecule has 0 aliphatic rings. The molecule has 5 rings (SSSR count). The zero-order chi connectivity index (χ0) is 28.0. The van der Waals surface area contributed by atoms with Crippen molar-refractivity contribution in [1.82, 2.24) is 23.4 Å². The third-order valence-corrected chi connectivity index (χ3v) is 8.60. The van der Waals surface area contributed by atoms with E-state index < -0.39 is 11.2 Å². The number of halogens is 2. The molecular formula is C27H23Cl2N5O4S. The first-order chi connectivity index (χ1) is 18.7. The van der Waals surface area contributed by atoms with Crippen LogP contribution >= 0.6 is 34.5 Å². The highest BCUT2D eigenvalue weighted by Crippen LogP contribution is 2.30. The fourth-order valence-electron chi connectivity index (χ4n) is 4.54. The van der Waals surface area contributed by atoms with Gasteiger partial charge >= 0.3 is 5.69 Å². The van der Waals surface area contributed by atoms with E-state index in [9.17, 15) is 19.2 Å². The van der Waals surface area contributed by atoms with Crippen molar-refractivity contribution in [2.75, 3.05) is 13.1 Å². The Morgan fingerprint density at radius 1 is 1.03 bits per heavy atom. The van der Waals surface area contributed by atoms with Crippen LogP contribution in [0.15, 0.2) is 63.0 Å². The van der Waals surface area contributed by atoms with Gasteiger partial charge in [-0.3, -0.25) is 23.4 Å². The molecular weight excluding hydrogens is 561 g/mol. The Labute approximate surface area is 236 Å². The third-order valence-electron chi connectivity index (χ3n) is 6.56. The van der Waals surface area contributed by atoms with Gasteiger partial charge in [0.2, 0.25) is 0 Å². The number of pyridine rings is 1. The molecule has 200 valence electrons. The quantitative estimate of drug-likeness (QED) is 0.295. The highest BCUT2D eigenvalue weighted by atomic mass is 35.5. The summed E-state index contributed by atoms with van der Waals surface area (Å²) in [7, 11) is 0. The molecule has 0 aliphatic carbocycles. The van der Waals surface area contributed by atoms with Gasteiger partial charge in [-0.15, -0.1) is 11.3 Å². The summed E-state index contributed by atoms with van der Waals surface area (Å²) in [6.45, 7) is 6.34. The van der Waals surface area contributed by atoms with Crippen LogP contribution in [0.5, 0.6) is 0 Å². The molecule has 12 heteroatoms. The summed E-state index contributed by atoms with van der Waals surface area (Å²) in [5.41, 5.74) is -0.0988. The van der Waals surface area contributed by atoms with Crippen molar-refractivity contribution in [3.05, 3.63) is 106 Å². The maximum atomic E-state index is 13.9. The van der Waals surface area contributed by atoms with Crippen LogP contribution in [0.3, 0.4) is 0 Å². The van der Waals surface area contributed by atoms with Gasteiger partial charge in [0.05, 0.1) is 38.2 Å². The number of rotatable bonds is 6. The minimum atomic E-state index is -0.663. The number of fused-ring (bicyclic) bond motifs is 2. The lowest BCUT2D eigenvalue weighted by molar-refractivity contribution is 0.0777. The first-order valence-electron chi connectivity index (χ1n) is 12.2. The van der Waals surface area contributed by atoms with Crippen molar-refractivity contribution in [2.24, 2.45) is 0 Å². The van der Waals surface area contributed by atoms with Gasteiger partial charge in [0.1, 0.15) is 10.5 Å². The Kier molecular flexibility index (Phi) is 7.19. The molecule has 39 heavy (non-hydrogen) atoms. The Balaban J connectivity index is 1.82. The molecule has 0 atom stereocenters. The number of carbonyl (C=O) groups excluding carboxylic acids is 1. The van der Waals surface area contributed by atoms with Crippen LogP contribution < -0.4 is 16.8 Å². The van der Waals surface area contributed by atoms with E-state index in [0.29, 0.717) is 39.7 Å². The van der Waals surface area contributed by atoms with Gasteiger partial charge in [-0.2, -0.15) is 0 Å². The van der Waals surface area contributed by atoms with E-state index in [4.69, 9.17) is 23.2 Å². The largest absolute Gasteiger partial charge is 0.338 e. The number of nitrogens with zero attached hydrogens (tertiary/aromatic N) is 5. The minimum Gasteiger partial charge on any atom is -0.338 e. The molecule has 0 bridgehead atoms. The Hall–Kier alpha value is -3.73. The number of thiophene rings is 1. The molecule has 0 fully saturated rings. The van der Waals surface area contributed by atoms with Gasteiger partial charge in [-0.25, -0.2) is 14.3 Å². The second-order valence-electron chi connectivity index (χ2n) is 8.84. The summed E-state index contributed by atoms with van der Waals surface area (Å²) < 4.78 is 3.77. The normalized spacial score (nSPS) is 11.4. The fourth-order valence-corrected chi connectivity index (χ4v) is 6.09. The second-order valence-corrected chi connectivity index (χ2v) is 10.6. The molecule has 0 spiro atoms. The fraction of sp³-hybridized carbons (Fsp3) is 0.222. The lowest BCUT2D eigenvalue weighted by Crippen LogP contribution is -2.39. The van der Waals surface area contributed by atoms with E-state index >= 15 is 0 Å². The predicted molar refractivity (Wildman–Crippen MR) is 154 cm³/mol. The number of hydrogen-bond acceptors (Lipinski definition) is 6. The number of hydrogen-bond donors (Lipinski definition) is 0. The van der Waals surface area contributed by atoms with E-state index in [1.807, 2.05) is 13.8 Å². The first-order valence-corrected chi connectivity index (χ1v) is 13.7. The SMILES string of the molecule is CCN(CC)C(=O)c1sc2c(c1C)c(=O)n(-c1ccc(Cl)c(Cl)c1)c(=O)n2Cc1cc(=O)n2ccccc2n1. The van der Waals surface area contributed by atoms with Crippen molar-refractivity contribution < 1.29 is 4.79 Å². The van der Waals surface area contributed by atoms with Crippen LogP contribution in [-0.2, 0) is 6.54 Å². The van der Waals surface area contributed by atoms with Crippen LogP contribution in [-0.4, -0.2) is 42.4 Å². The van der Waals surface area contributed by atoms with E-state index in [1.165, 1.54) is 33.2 Å². The number of carbonyl (C=O) groups is 1. The van der Waals surface area contributed by atoms with Gasteiger partial charge in [-0.05, 0) is 56.7 Å². The van der Waals surface area contributed by atoms with Crippen molar-refractivity contribution in [3.8, 4) is 5.69 Å². The Bertz CT molecular complexity index is 1950. The van der Waals surface area contributed by atoms with E-state index in [0.717, 1.165) is 15.9 Å². The highest BCUT2D eigenvalue weighted by Gasteiger charge is 2.26. The van der Waals surface area contributed by atoms with E-state index in [-0.39, 0.29) is 39.1 Å². The van der Waals surface area contributed by atoms with E-state index in [1.54, 1.807) is 36.2 Å². The molecule has 1 aromatic carbocycles. The zero-order valence-corrected chi connectivity index (χ0v) is 23.6. The average molecular weight is 584 g/mol. The van der Waals surface area contributed by atoms with Gasteiger partial charge in [-0.1, -0.05) is 29.3 Å². The van der Waals surface area contributed by atoms with Crippen LogP contribution in [0.4, 0.5) is 0 Å². The molecule has 1 amide bonds. The highest BCUT2D eigenvalue weighted by molar-refractivity contribution is 7.20. The Morgan fingerprint density at radius 3 is 2.46 bits per heavy atom. The van der Waals surface area contributed by atoms with Crippen molar-refractivity contribution in [2.45, 2.75) is 27.3 Å². The number of amides is 1. The molecule has 0 aliphatic heterocycles. The van der Waals surface area contributed by atoms with Crippen LogP contribution in [0.2, 0.25) is 10.0 Å². The molecule has 0 unspecified atom stereocenters. The number of benzene rings is 1. The monoisotopic (exact) mass is 583 g/mol. The number of aryl methyl sites for hydroxylation is 1. The summed E-state index contributed by atoms with van der Waals surface area (Å²) in [6, 6.07) is 11.0. The smallest absolute Gasteiger partial charge is 0.337 e. The summed E-state index contributed by atoms with van der Waals surface area (Å²) in [6.07, 6.45) is 1.61. The molecule has 9 nitrogen and oxygen atoms in total. The number of aromatic nitrogens is 4. The van der Waals surface area contributed by atoms with Crippen molar-refractivity contribution in [3.63, 3.8) is 0 Å². The second kappa shape index (κ2) is 10.4. The molecule has 4 heterocycles. The van der Waals surface area contributed by atoms with E-state index in [2.05, 4.69) is 4.98 Å². The Morgan fingerprint density at radius 2 is 1.77 bits per heavy atom. The van der Waals surface area contributed by atoms with Crippen LogP contribution in [0, 0.1) is 6.92 Å². The maximum Gasteiger partial charge on any atom is 0.337 e. The molecule has 0 radical (unpaired) electrons. The summed E-state index contributed by atoms with van der Waals surface area (Å²) in [5, 5.41) is 0.684. The molecule has 4 aromatic heterocycles. The maximum absolute atomic E-state index is 13.9. The van der Waals surface area contributed by atoms with Gasteiger partial charge < -0.3 is 4.90 Å². The third kappa shape index (κ3) is 4.58. The lowest BCUT2D eigenvalue weighted by atomic mass is 10.2. The summed E-state index contributed by atoms with van der Waals surface area (Å²) in [4.78, 5) is 60.8. The van der Waals surface area contributed by atoms with Crippen LogP contribution in [0.1, 0.15) is 34.8 Å². The van der Waals surface area contributed by atoms with Gasteiger partial charge in [0.15, 0.2) is 0 Å². The summed E-state index contributed by atoms with van der Waals surface area (Å²) in [5.74, 6) is -0.222. The zero-order valence-electron chi connectivity index (χ0n) is 21.3. The molecule has 0 N–H and O–H groups in total. The first kappa shape index (κ1) is 26.9. The van der Waals surface area contributed by atoms with Gasteiger partial charge in [0.25, 0.3) is 17.0 Å².